The maximum absolute atomic E-state index is 4.69. The summed E-state index contributed by atoms with van der Waals surface area (Å²) in [6.45, 7) is 4.60. The molecule has 102 valence electrons. The fourth-order valence-electron chi connectivity index (χ4n) is 2.24. The van der Waals surface area contributed by atoms with Gasteiger partial charge in [0.2, 0.25) is 0 Å². The van der Waals surface area contributed by atoms with Crippen LogP contribution < -0.4 is 0 Å². The van der Waals surface area contributed by atoms with Crippen molar-refractivity contribution in [3.05, 3.63) is 57.2 Å². The van der Waals surface area contributed by atoms with Crippen LogP contribution in [0.1, 0.15) is 19.5 Å². The third-order valence-corrected chi connectivity index (χ3v) is 7.24. The number of fused-ring (bicyclic) bond motifs is 1. The Kier molecular flexibility index (Phi) is 3.91. The lowest BCUT2D eigenvalue weighted by Crippen LogP contribution is -2.20. The molecule has 1 unspecified atom stereocenters. The average Bonchev–Trinajstić information content (AvgIpc) is 2.71. The van der Waals surface area contributed by atoms with Gasteiger partial charge >= 0.3 is 0 Å². The number of rotatable bonds is 2. The quantitative estimate of drug-likeness (QED) is 0.610. The SMILES string of the molecule is CC1(C)C(I)=CSC1C=Cc1ccc2ccccc2n1. The predicted octanol–water partition coefficient (Wildman–Crippen LogP) is 5.67. The van der Waals surface area contributed by atoms with Gasteiger partial charge in [0.15, 0.2) is 0 Å². The summed E-state index contributed by atoms with van der Waals surface area (Å²) in [5.74, 6) is 0. The molecule has 3 rings (SSSR count). The minimum absolute atomic E-state index is 0.221. The molecule has 1 aromatic carbocycles. The first kappa shape index (κ1) is 14.1. The molecule has 1 aliphatic heterocycles. The molecule has 3 heteroatoms. The molecule has 0 radical (unpaired) electrons. The lowest BCUT2D eigenvalue weighted by molar-refractivity contribution is 0.506. The molecule has 1 nitrogen and oxygen atoms in total. The standard InChI is InChI=1S/C17H16INS/c1-17(2)15(18)11-20-16(17)10-9-13-8-7-12-5-3-4-6-14(12)19-13/h3-11,16H,1-2H3. The van der Waals surface area contributed by atoms with Crippen molar-refractivity contribution in [2.45, 2.75) is 19.1 Å². The summed E-state index contributed by atoms with van der Waals surface area (Å²) in [6.07, 6.45) is 4.43. The largest absolute Gasteiger partial charge is 0.248 e. The van der Waals surface area contributed by atoms with Gasteiger partial charge in [-0.25, -0.2) is 4.98 Å². The summed E-state index contributed by atoms with van der Waals surface area (Å²) in [7, 11) is 0. The maximum Gasteiger partial charge on any atom is 0.0709 e. The van der Waals surface area contributed by atoms with Crippen LogP contribution in [0, 0.1) is 5.41 Å². The molecule has 0 saturated heterocycles. The second-order valence-electron chi connectivity index (χ2n) is 5.53. The predicted molar refractivity (Wildman–Crippen MR) is 98.0 cm³/mol. The number of nitrogens with zero attached hydrogens (tertiary/aromatic N) is 1. The zero-order valence-electron chi connectivity index (χ0n) is 11.5. The van der Waals surface area contributed by atoms with E-state index < -0.39 is 0 Å². The molecule has 0 bridgehead atoms. The highest BCUT2D eigenvalue weighted by Gasteiger charge is 2.35. The molecule has 1 aromatic heterocycles. The van der Waals surface area contributed by atoms with Crippen molar-refractivity contribution in [2.75, 3.05) is 0 Å². The highest BCUT2D eigenvalue weighted by atomic mass is 127. The van der Waals surface area contributed by atoms with Crippen molar-refractivity contribution < 1.29 is 0 Å². The van der Waals surface area contributed by atoms with E-state index in [1.165, 1.54) is 8.97 Å². The van der Waals surface area contributed by atoms with E-state index in [1.54, 1.807) is 0 Å². The lowest BCUT2D eigenvalue weighted by atomic mass is 9.89. The first-order valence-corrected chi connectivity index (χ1v) is 8.65. The molecule has 0 saturated carbocycles. The van der Waals surface area contributed by atoms with E-state index in [1.807, 2.05) is 23.9 Å². The number of hydrogen-bond donors (Lipinski definition) is 0. The molecule has 0 amide bonds. The molecular formula is C17H16INS. The number of benzene rings is 1. The molecule has 1 atom stereocenters. The first-order chi connectivity index (χ1) is 9.57. The summed E-state index contributed by atoms with van der Waals surface area (Å²) in [6, 6.07) is 12.5. The molecule has 20 heavy (non-hydrogen) atoms. The zero-order valence-corrected chi connectivity index (χ0v) is 14.5. The van der Waals surface area contributed by atoms with Gasteiger partial charge in [0, 0.05) is 19.6 Å². The number of halogens is 1. The van der Waals surface area contributed by atoms with Gasteiger partial charge in [0.25, 0.3) is 0 Å². The maximum atomic E-state index is 4.69. The van der Waals surface area contributed by atoms with Crippen molar-refractivity contribution in [2.24, 2.45) is 5.41 Å². The second kappa shape index (κ2) is 5.53. The highest BCUT2D eigenvalue weighted by Crippen LogP contribution is 2.49. The third kappa shape index (κ3) is 2.66. The van der Waals surface area contributed by atoms with Gasteiger partial charge in [-0.1, -0.05) is 44.2 Å². The number of thioether (sulfide) groups is 1. The van der Waals surface area contributed by atoms with Crippen LogP contribution in [0.5, 0.6) is 0 Å². The van der Waals surface area contributed by atoms with Crippen LogP contribution >= 0.6 is 34.4 Å². The Morgan fingerprint density at radius 3 is 2.75 bits per heavy atom. The Hall–Kier alpha value is -0.810. The Bertz CT molecular complexity index is 703. The number of aromatic nitrogens is 1. The van der Waals surface area contributed by atoms with E-state index in [2.05, 4.69) is 83.2 Å². The van der Waals surface area contributed by atoms with Crippen molar-refractivity contribution in [3.63, 3.8) is 0 Å². The summed E-state index contributed by atoms with van der Waals surface area (Å²) in [4.78, 5) is 4.69. The van der Waals surface area contributed by atoms with Crippen molar-refractivity contribution in [3.8, 4) is 0 Å². The van der Waals surface area contributed by atoms with E-state index in [0.29, 0.717) is 5.25 Å². The molecular weight excluding hydrogens is 377 g/mol. The highest BCUT2D eigenvalue weighted by molar-refractivity contribution is 14.1. The van der Waals surface area contributed by atoms with Crippen LogP contribution in [-0.2, 0) is 0 Å². The summed E-state index contributed by atoms with van der Waals surface area (Å²) >= 11 is 4.34. The van der Waals surface area contributed by atoms with Crippen LogP contribution in [0.2, 0.25) is 0 Å². The van der Waals surface area contributed by atoms with Gasteiger partial charge in [-0.05, 0) is 46.2 Å². The Labute approximate surface area is 137 Å². The third-order valence-electron chi connectivity index (χ3n) is 3.71. The summed E-state index contributed by atoms with van der Waals surface area (Å²) in [5, 5.41) is 3.95. The topological polar surface area (TPSA) is 12.9 Å². The van der Waals surface area contributed by atoms with Gasteiger partial charge in [-0.3, -0.25) is 0 Å². The number of allylic oxidation sites excluding steroid dienone is 1. The molecule has 2 heterocycles. The van der Waals surface area contributed by atoms with E-state index in [-0.39, 0.29) is 5.41 Å². The van der Waals surface area contributed by atoms with Crippen LogP contribution in [0.3, 0.4) is 0 Å². The smallest absolute Gasteiger partial charge is 0.0709 e. The van der Waals surface area contributed by atoms with E-state index in [9.17, 15) is 0 Å². The van der Waals surface area contributed by atoms with Gasteiger partial charge in [0.1, 0.15) is 0 Å². The average molecular weight is 393 g/mol. The Morgan fingerprint density at radius 2 is 2.00 bits per heavy atom. The van der Waals surface area contributed by atoms with Crippen LogP contribution in [0.4, 0.5) is 0 Å². The van der Waals surface area contributed by atoms with Crippen LogP contribution in [0.15, 0.2) is 51.5 Å². The Balaban J connectivity index is 1.85. The lowest BCUT2D eigenvalue weighted by Gasteiger charge is -2.24. The zero-order chi connectivity index (χ0) is 14.2. The van der Waals surface area contributed by atoms with E-state index >= 15 is 0 Å². The van der Waals surface area contributed by atoms with E-state index in [4.69, 9.17) is 0 Å². The minimum atomic E-state index is 0.221. The number of hydrogen-bond acceptors (Lipinski definition) is 2. The summed E-state index contributed by atoms with van der Waals surface area (Å²) < 4.78 is 1.43. The van der Waals surface area contributed by atoms with Crippen molar-refractivity contribution in [1.29, 1.82) is 0 Å². The fourth-order valence-corrected chi connectivity index (χ4v) is 4.43. The molecule has 1 aliphatic rings. The molecule has 0 spiro atoms. The van der Waals surface area contributed by atoms with Gasteiger partial charge < -0.3 is 0 Å². The Morgan fingerprint density at radius 1 is 1.20 bits per heavy atom. The molecule has 0 fully saturated rings. The first-order valence-electron chi connectivity index (χ1n) is 6.63. The minimum Gasteiger partial charge on any atom is -0.248 e. The van der Waals surface area contributed by atoms with Gasteiger partial charge in [0.05, 0.1) is 11.2 Å². The van der Waals surface area contributed by atoms with Crippen molar-refractivity contribution >= 4 is 51.3 Å². The van der Waals surface area contributed by atoms with E-state index in [0.717, 1.165) is 11.2 Å². The monoisotopic (exact) mass is 393 g/mol. The fraction of sp³-hybridized carbons (Fsp3) is 0.235. The van der Waals surface area contributed by atoms with Gasteiger partial charge in [-0.2, -0.15) is 0 Å². The van der Waals surface area contributed by atoms with Crippen molar-refractivity contribution in [1.82, 2.24) is 4.98 Å². The van der Waals surface area contributed by atoms with Gasteiger partial charge in [-0.15, -0.1) is 11.8 Å². The molecule has 0 aliphatic carbocycles. The summed E-state index contributed by atoms with van der Waals surface area (Å²) in [5.41, 5.74) is 2.31. The number of pyridine rings is 1. The molecule has 2 aromatic rings. The molecule has 0 N–H and O–H groups in total. The van der Waals surface area contributed by atoms with Crippen LogP contribution in [-0.4, -0.2) is 10.2 Å². The van der Waals surface area contributed by atoms with Crippen LogP contribution in [0.25, 0.3) is 17.0 Å². The second-order valence-corrected chi connectivity index (χ2v) is 7.71. The number of para-hydroxylation sites is 1. The normalized spacial score (nSPS) is 21.6.